The van der Waals surface area contributed by atoms with Crippen molar-refractivity contribution in [3.63, 3.8) is 0 Å². The van der Waals surface area contributed by atoms with Crippen molar-refractivity contribution >= 4 is 34.6 Å². The normalized spacial score (nSPS) is 18.4. The van der Waals surface area contributed by atoms with Crippen molar-refractivity contribution in [1.82, 2.24) is 5.32 Å². The Morgan fingerprint density at radius 3 is 2.89 bits per heavy atom. The fraction of sp³-hybridized carbons (Fsp3) is 0.500. The van der Waals surface area contributed by atoms with Crippen LogP contribution in [-0.4, -0.2) is 24.4 Å². The topological polar surface area (TPSA) is 33.3 Å². The number of benzene rings is 1. The zero-order valence-electron chi connectivity index (χ0n) is 11.3. The number of aryl methyl sites for hydroxylation is 2. The summed E-state index contributed by atoms with van der Waals surface area (Å²) in [6.45, 7) is 5.64. The Labute approximate surface area is 124 Å². The van der Waals surface area contributed by atoms with Crippen LogP contribution in [-0.2, 0) is 4.74 Å². The molecule has 2 rings (SSSR count). The summed E-state index contributed by atoms with van der Waals surface area (Å²) >= 11 is 11.5. The van der Waals surface area contributed by atoms with E-state index in [0.29, 0.717) is 10.1 Å². The fourth-order valence-electron chi connectivity index (χ4n) is 2.24. The first-order valence-corrected chi connectivity index (χ1v) is 7.28. The van der Waals surface area contributed by atoms with E-state index in [0.717, 1.165) is 42.8 Å². The SMILES string of the molecule is Cc1cc(C)c(NC(=S)NC[C@@H]2CCCO2)c(Cl)c1. The lowest BCUT2D eigenvalue weighted by Crippen LogP contribution is -2.35. The van der Waals surface area contributed by atoms with Gasteiger partial charge < -0.3 is 15.4 Å². The average Bonchev–Trinajstić information content (AvgIpc) is 2.84. The first-order chi connectivity index (χ1) is 9.06. The van der Waals surface area contributed by atoms with Crippen molar-refractivity contribution in [2.45, 2.75) is 32.8 Å². The summed E-state index contributed by atoms with van der Waals surface area (Å²) in [4.78, 5) is 0. The molecule has 0 aliphatic carbocycles. The third-order valence-electron chi connectivity index (χ3n) is 3.18. The van der Waals surface area contributed by atoms with Gasteiger partial charge in [0.15, 0.2) is 5.11 Å². The molecule has 1 atom stereocenters. The predicted octanol–water partition coefficient (Wildman–Crippen LogP) is 3.42. The molecule has 2 N–H and O–H groups in total. The van der Waals surface area contributed by atoms with Crippen LogP contribution in [0.5, 0.6) is 0 Å². The molecule has 0 aromatic heterocycles. The van der Waals surface area contributed by atoms with Crippen LogP contribution < -0.4 is 10.6 Å². The maximum Gasteiger partial charge on any atom is 0.170 e. The highest BCUT2D eigenvalue weighted by Crippen LogP contribution is 2.27. The first-order valence-electron chi connectivity index (χ1n) is 6.49. The van der Waals surface area contributed by atoms with Gasteiger partial charge in [0, 0.05) is 13.2 Å². The summed E-state index contributed by atoms with van der Waals surface area (Å²) in [5, 5.41) is 7.62. The number of halogens is 1. The van der Waals surface area contributed by atoms with Crippen LogP contribution in [0.25, 0.3) is 0 Å². The molecule has 0 spiro atoms. The Morgan fingerprint density at radius 2 is 2.26 bits per heavy atom. The molecule has 3 nitrogen and oxygen atoms in total. The van der Waals surface area contributed by atoms with Crippen molar-refractivity contribution in [3.05, 3.63) is 28.3 Å². The molecule has 5 heteroatoms. The van der Waals surface area contributed by atoms with Gasteiger partial charge in [0.25, 0.3) is 0 Å². The number of anilines is 1. The highest BCUT2D eigenvalue weighted by molar-refractivity contribution is 7.80. The van der Waals surface area contributed by atoms with E-state index in [-0.39, 0.29) is 6.10 Å². The minimum Gasteiger partial charge on any atom is -0.376 e. The van der Waals surface area contributed by atoms with Gasteiger partial charge in [-0.2, -0.15) is 0 Å². The lowest BCUT2D eigenvalue weighted by atomic mass is 10.1. The minimum atomic E-state index is 0.273. The molecule has 1 fully saturated rings. The molecule has 0 radical (unpaired) electrons. The predicted molar refractivity (Wildman–Crippen MR) is 84.1 cm³/mol. The Bertz CT molecular complexity index is 450. The van der Waals surface area contributed by atoms with Crippen LogP contribution in [0.1, 0.15) is 24.0 Å². The van der Waals surface area contributed by atoms with Gasteiger partial charge in [0.05, 0.1) is 16.8 Å². The Balaban J connectivity index is 1.91. The molecule has 0 amide bonds. The molecule has 19 heavy (non-hydrogen) atoms. The molecule has 1 aromatic carbocycles. The average molecular weight is 299 g/mol. The zero-order valence-corrected chi connectivity index (χ0v) is 12.8. The van der Waals surface area contributed by atoms with E-state index in [1.807, 2.05) is 19.9 Å². The standard InChI is InChI=1S/C14H19ClN2OS/c1-9-6-10(2)13(12(15)7-9)17-14(19)16-8-11-4-3-5-18-11/h6-7,11H,3-5,8H2,1-2H3,(H2,16,17,19)/t11-/m0/s1. The fourth-order valence-corrected chi connectivity index (χ4v) is 2.80. The van der Waals surface area contributed by atoms with Crippen LogP contribution in [0.2, 0.25) is 5.02 Å². The highest BCUT2D eigenvalue weighted by Gasteiger charge is 2.15. The van der Waals surface area contributed by atoms with Crippen LogP contribution in [0.15, 0.2) is 12.1 Å². The largest absolute Gasteiger partial charge is 0.376 e. The molecule has 0 saturated carbocycles. The van der Waals surface area contributed by atoms with Crippen molar-refractivity contribution in [3.8, 4) is 0 Å². The van der Waals surface area contributed by atoms with Gasteiger partial charge in [-0.3, -0.25) is 0 Å². The second-order valence-electron chi connectivity index (χ2n) is 4.91. The Morgan fingerprint density at radius 1 is 1.47 bits per heavy atom. The van der Waals surface area contributed by atoms with E-state index < -0.39 is 0 Å². The van der Waals surface area contributed by atoms with E-state index >= 15 is 0 Å². The number of rotatable bonds is 3. The smallest absolute Gasteiger partial charge is 0.170 e. The van der Waals surface area contributed by atoms with Crippen molar-refractivity contribution in [1.29, 1.82) is 0 Å². The van der Waals surface area contributed by atoms with E-state index in [1.54, 1.807) is 0 Å². The molecule has 1 aliphatic heterocycles. The quantitative estimate of drug-likeness (QED) is 0.838. The van der Waals surface area contributed by atoms with Gasteiger partial charge in [-0.05, 0) is 56.1 Å². The molecular weight excluding hydrogens is 280 g/mol. The second-order valence-corrected chi connectivity index (χ2v) is 5.72. The van der Waals surface area contributed by atoms with Gasteiger partial charge in [-0.15, -0.1) is 0 Å². The number of hydrogen-bond donors (Lipinski definition) is 2. The Hall–Kier alpha value is -0.840. The molecule has 104 valence electrons. The molecule has 1 aliphatic rings. The lowest BCUT2D eigenvalue weighted by Gasteiger charge is -2.16. The third-order valence-corrected chi connectivity index (χ3v) is 3.73. The molecule has 0 bridgehead atoms. The van der Waals surface area contributed by atoms with E-state index in [1.165, 1.54) is 0 Å². The molecular formula is C14H19ClN2OS. The number of ether oxygens (including phenoxy) is 1. The van der Waals surface area contributed by atoms with E-state index in [2.05, 4.69) is 16.7 Å². The summed E-state index contributed by atoms with van der Waals surface area (Å²) in [5.74, 6) is 0. The van der Waals surface area contributed by atoms with Crippen molar-refractivity contribution < 1.29 is 4.74 Å². The zero-order chi connectivity index (χ0) is 13.8. The summed E-state index contributed by atoms with van der Waals surface area (Å²) in [6.07, 6.45) is 2.50. The van der Waals surface area contributed by atoms with E-state index in [4.69, 9.17) is 28.6 Å². The lowest BCUT2D eigenvalue weighted by molar-refractivity contribution is 0.114. The summed E-state index contributed by atoms with van der Waals surface area (Å²) < 4.78 is 5.54. The van der Waals surface area contributed by atoms with Gasteiger partial charge in [-0.25, -0.2) is 0 Å². The van der Waals surface area contributed by atoms with Gasteiger partial charge in [0.1, 0.15) is 0 Å². The highest BCUT2D eigenvalue weighted by atomic mass is 35.5. The maximum atomic E-state index is 6.23. The molecule has 1 saturated heterocycles. The second kappa shape index (κ2) is 6.55. The first kappa shape index (κ1) is 14.6. The number of hydrogen-bond acceptors (Lipinski definition) is 2. The summed E-state index contributed by atoms with van der Waals surface area (Å²) in [5.41, 5.74) is 3.11. The van der Waals surface area contributed by atoms with Crippen molar-refractivity contribution in [2.75, 3.05) is 18.5 Å². The maximum absolute atomic E-state index is 6.23. The summed E-state index contributed by atoms with van der Waals surface area (Å²) in [7, 11) is 0. The van der Waals surface area contributed by atoms with Crippen LogP contribution in [0.4, 0.5) is 5.69 Å². The summed E-state index contributed by atoms with van der Waals surface area (Å²) in [6, 6.07) is 4.01. The molecule has 0 unspecified atom stereocenters. The molecule has 1 heterocycles. The van der Waals surface area contributed by atoms with E-state index in [9.17, 15) is 0 Å². The van der Waals surface area contributed by atoms with Crippen LogP contribution in [0, 0.1) is 13.8 Å². The van der Waals surface area contributed by atoms with Crippen molar-refractivity contribution in [2.24, 2.45) is 0 Å². The monoisotopic (exact) mass is 298 g/mol. The minimum absolute atomic E-state index is 0.273. The van der Waals surface area contributed by atoms with Gasteiger partial charge in [-0.1, -0.05) is 17.7 Å². The van der Waals surface area contributed by atoms with Crippen LogP contribution in [0.3, 0.4) is 0 Å². The van der Waals surface area contributed by atoms with Gasteiger partial charge >= 0.3 is 0 Å². The Kier molecular flexibility index (Phi) is 5.02. The number of nitrogens with one attached hydrogen (secondary N) is 2. The molecule has 1 aromatic rings. The van der Waals surface area contributed by atoms with Crippen LogP contribution >= 0.6 is 23.8 Å². The van der Waals surface area contributed by atoms with Gasteiger partial charge in [0.2, 0.25) is 0 Å². The third kappa shape index (κ3) is 4.06. The number of thiocarbonyl (C=S) groups is 1.